The summed E-state index contributed by atoms with van der Waals surface area (Å²) in [4.78, 5) is 34.6. The van der Waals surface area contributed by atoms with Crippen molar-refractivity contribution < 1.29 is 32.3 Å². The number of halogens is 3. The number of amides is 3. The largest absolute Gasteiger partial charge is 0.444 e. The van der Waals surface area contributed by atoms with Gasteiger partial charge in [-0.3, -0.25) is 9.59 Å². The van der Waals surface area contributed by atoms with Crippen LogP contribution in [0.3, 0.4) is 0 Å². The third kappa shape index (κ3) is 6.99. The third-order valence-corrected chi connectivity index (χ3v) is 2.80. The van der Waals surface area contributed by atoms with Gasteiger partial charge in [0.05, 0.1) is 12.1 Å². The lowest BCUT2D eigenvalue weighted by Gasteiger charge is -2.19. The number of ether oxygens (including phenoxy) is 1. The van der Waals surface area contributed by atoms with Crippen LogP contribution in [0.15, 0.2) is 12.1 Å². The molecule has 0 unspecified atom stereocenters. The number of nitrogens with one attached hydrogen (secondary N) is 3. The van der Waals surface area contributed by atoms with Crippen LogP contribution in [0.4, 0.5) is 18.0 Å². The van der Waals surface area contributed by atoms with Crippen LogP contribution in [0.2, 0.25) is 0 Å². The lowest BCUT2D eigenvalue weighted by molar-refractivity contribution is -0.120. The Morgan fingerprint density at radius 1 is 0.962 bits per heavy atom. The fourth-order valence-corrected chi connectivity index (χ4v) is 1.70. The normalized spacial score (nSPS) is 10.8. The molecule has 3 N–H and O–H groups in total. The van der Waals surface area contributed by atoms with Gasteiger partial charge in [0.25, 0.3) is 5.91 Å². The van der Waals surface area contributed by atoms with Crippen LogP contribution in [0.5, 0.6) is 0 Å². The first kappa shape index (κ1) is 21.3. The highest BCUT2D eigenvalue weighted by Gasteiger charge is 2.19. The van der Waals surface area contributed by atoms with Crippen LogP contribution in [0, 0.1) is 17.5 Å². The zero-order chi connectivity index (χ0) is 19.9. The molecule has 0 saturated carbocycles. The molecule has 7 nitrogen and oxygen atoms in total. The summed E-state index contributed by atoms with van der Waals surface area (Å²) in [7, 11) is 0. The molecule has 1 aromatic rings. The monoisotopic (exact) mass is 375 g/mol. The molecule has 1 rings (SSSR count). The highest BCUT2D eigenvalue weighted by Crippen LogP contribution is 2.14. The Labute approximate surface area is 148 Å². The summed E-state index contributed by atoms with van der Waals surface area (Å²) in [6, 6.07) is 1.45. The molecule has 0 aliphatic heterocycles. The Morgan fingerprint density at radius 2 is 1.58 bits per heavy atom. The van der Waals surface area contributed by atoms with E-state index in [0.29, 0.717) is 6.07 Å². The summed E-state index contributed by atoms with van der Waals surface area (Å²) >= 11 is 0. The zero-order valence-electron chi connectivity index (χ0n) is 14.5. The van der Waals surface area contributed by atoms with Crippen LogP contribution < -0.4 is 16.0 Å². The molecule has 0 aromatic heterocycles. The highest BCUT2D eigenvalue weighted by atomic mass is 19.2. The van der Waals surface area contributed by atoms with Crippen molar-refractivity contribution >= 4 is 17.9 Å². The number of alkyl carbamates (subject to hydrolysis) is 1. The molecule has 0 radical (unpaired) electrons. The van der Waals surface area contributed by atoms with Gasteiger partial charge in [0, 0.05) is 13.1 Å². The summed E-state index contributed by atoms with van der Waals surface area (Å²) in [5, 5.41) is 6.88. The number of rotatable bonds is 6. The maximum Gasteiger partial charge on any atom is 0.408 e. The molecular formula is C16H20F3N3O4. The summed E-state index contributed by atoms with van der Waals surface area (Å²) < 4.78 is 44.3. The molecule has 1 aromatic carbocycles. The van der Waals surface area contributed by atoms with E-state index in [1.165, 1.54) is 0 Å². The summed E-state index contributed by atoms with van der Waals surface area (Å²) in [6.45, 7) is 4.57. The van der Waals surface area contributed by atoms with Crippen LogP contribution in [-0.4, -0.2) is 43.1 Å². The predicted molar refractivity (Wildman–Crippen MR) is 85.9 cm³/mol. The fraction of sp³-hybridized carbons (Fsp3) is 0.438. The smallest absolute Gasteiger partial charge is 0.408 e. The SMILES string of the molecule is CC(C)(C)OC(=O)NCC(=O)NCCNC(=O)c1ccc(F)c(F)c1F. The van der Waals surface area contributed by atoms with Crippen LogP contribution >= 0.6 is 0 Å². The number of hydrogen-bond donors (Lipinski definition) is 3. The maximum atomic E-state index is 13.4. The number of benzene rings is 1. The molecule has 0 aliphatic rings. The Bertz CT molecular complexity index is 690. The van der Waals surface area contributed by atoms with Gasteiger partial charge in [0.15, 0.2) is 17.5 Å². The van der Waals surface area contributed by atoms with Crippen molar-refractivity contribution in [3.63, 3.8) is 0 Å². The van der Waals surface area contributed by atoms with Crippen molar-refractivity contribution in [1.82, 2.24) is 16.0 Å². The van der Waals surface area contributed by atoms with E-state index in [4.69, 9.17) is 4.74 Å². The van der Waals surface area contributed by atoms with Gasteiger partial charge in [-0.25, -0.2) is 18.0 Å². The maximum absolute atomic E-state index is 13.4. The number of carbonyl (C=O) groups excluding carboxylic acids is 3. The molecular weight excluding hydrogens is 355 g/mol. The van der Waals surface area contributed by atoms with E-state index in [9.17, 15) is 27.6 Å². The molecule has 0 atom stereocenters. The van der Waals surface area contributed by atoms with Gasteiger partial charge in [-0.2, -0.15) is 0 Å². The van der Waals surface area contributed by atoms with Gasteiger partial charge in [-0.1, -0.05) is 0 Å². The van der Waals surface area contributed by atoms with Gasteiger partial charge in [0.1, 0.15) is 5.60 Å². The average molecular weight is 375 g/mol. The predicted octanol–water partition coefficient (Wildman–Crippen LogP) is 1.47. The molecule has 144 valence electrons. The first-order chi connectivity index (χ1) is 12.0. The van der Waals surface area contributed by atoms with Gasteiger partial charge in [-0.15, -0.1) is 0 Å². The Hall–Kier alpha value is -2.78. The molecule has 0 saturated heterocycles. The summed E-state index contributed by atoms with van der Waals surface area (Å²) in [5.41, 5.74) is -1.35. The molecule has 10 heteroatoms. The van der Waals surface area contributed by atoms with Crippen LogP contribution in [-0.2, 0) is 9.53 Å². The van der Waals surface area contributed by atoms with E-state index in [-0.39, 0.29) is 19.6 Å². The number of hydrogen-bond acceptors (Lipinski definition) is 4. The van der Waals surface area contributed by atoms with Crippen molar-refractivity contribution in [2.45, 2.75) is 26.4 Å². The van der Waals surface area contributed by atoms with Gasteiger partial charge >= 0.3 is 6.09 Å². The van der Waals surface area contributed by atoms with Crippen LogP contribution in [0.25, 0.3) is 0 Å². The summed E-state index contributed by atoms with van der Waals surface area (Å²) in [5.74, 6) is -6.22. The molecule has 3 amide bonds. The van der Waals surface area contributed by atoms with Crippen LogP contribution in [0.1, 0.15) is 31.1 Å². The average Bonchev–Trinajstić information content (AvgIpc) is 2.53. The fourth-order valence-electron chi connectivity index (χ4n) is 1.70. The van der Waals surface area contributed by atoms with Gasteiger partial charge in [-0.05, 0) is 32.9 Å². The van der Waals surface area contributed by atoms with Crippen molar-refractivity contribution in [3.8, 4) is 0 Å². The minimum Gasteiger partial charge on any atom is -0.444 e. The second-order valence-electron chi connectivity index (χ2n) is 6.18. The van der Waals surface area contributed by atoms with Crippen molar-refractivity contribution in [3.05, 3.63) is 35.1 Å². The molecule has 26 heavy (non-hydrogen) atoms. The van der Waals surface area contributed by atoms with Crippen molar-refractivity contribution in [2.24, 2.45) is 0 Å². The standard InChI is InChI=1S/C16H20F3N3O4/c1-16(2,3)26-15(25)22-8-11(23)20-6-7-21-14(24)9-4-5-10(17)13(19)12(9)18/h4-5H,6-8H2,1-3H3,(H,20,23)(H,21,24)(H,22,25). The highest BCUT2D eigenvalue weighted by molar-refractivity contribution is 5.94. The third-order valence-electron chi connectivity index (χ3n) is 2.80. The molecule has 0 heterocycles. The minimum absolute atomic E-state index is 0.0220. The molecule has 0 bridgehead atoms. The lowest BCUT2D eigenvalue weighted by atomic mass is 10.2. The molecule has 0 fully saturated rings. The number of carbonyl (C=O) groups is 3. The van der Waals surface area contributed by atoms with Gasteiger partial charge < -0.3 is 20.7 Å². The van der Waals surface area contributed by atoms with Crippen molar-refractivity contribution in [1.29, 1.82) is 0 Å². The van der Waals surface area contributed by atoms with E-state index in [1.54, 1.807) is 20.8 Å². The Balaban J connectivity index is 2.32. The lowest BCUT2D eigenvalue weighted by Crippen LogP contribution is -2.42. The molecule has 0 aliphatic carbocycles. The first-order valence-electron chi connectivity index (χ1n) is 7.66. The molecule has 0 spiro atoms. The summed E-state index contributed by atoms with van der Waals surface area (Å²) in [6.07, 6.45) is -0.755. The Morgan fingerprint density at radius 3 is 2.19 bits per heavy atom. The van der Waals surface area contributed by atoms with E-state index >= 15 is 0 Å². The van der Waals surface area contributed by atoms with E-state index in [2.05, 4.69) is 16.0 Å². The second-order valence-corrected chi connectivity index (χ2v) is 6.18. The second kappa shape index (κ2) is 9.07. The van der Waals surface area contributed by atoms with E-state index in [0.717, 1.165) is 6.07 Å². The van der Waals surface area contributed by atoms with Gasteiger partial charge in [0.2, 0.25) is 5.91 Å². The minimum atomic E-state index is -1.74. The van der Waals surface area contributed by atoms with Crippen molar-refractivity contribution in [2.75, 3.05) is 19.6 Å². The topological polar surface area (TPSA) is 96.5 Å². The quantitative estimate of drug-likeness (QED) is 0.518. The van der Waals surface area contributed by atoms with E-state index in [1.807, 2.05) is 0 Å². The Kier molecular flexibility index (Phi) is 7.41. The van der Waals surface area contributed by atoms with E-state index < -0.39 is 46.5 Å². The first-order valence-corrected chi connectivity index (χ1v) is 7.66. The zero-order valence-corrected chi connectivity index (χ0v) is 14.5.